The number of ether oxygens (including phenoxy) is 2. The molecule has 0 spiro atoms. The van der Waals surface area contributed by atoms with Gasteiger partial charge in [-0.2, -0.15) is 0 Å². The molecule has 0 bridgehead atoms. The number of morpholine rings is 1. The lowest BCUT2D eigenvalue weighted by Gasteiger charge is -2.28. The number of nitrogens with one attached hydrogen (secondary N) is 1. The van der Waals surface area contributed by atoms with Crippen molar-refractivity contribution in [1.29, 1.82) is 0 Å². The minimum absolute atomic E-state index is 0.124. The van der Waals surface area contributed by atoms with E-state index >= 15 is 0 Å². The van der Waals surface area contributed by atoms with Gasteiger partial charge in [-0.1, -0.05) is 30.0 Å². The molecule has 1 fully saturated rings. The molecule has 3 aromatic carbocycles. The number of anilines is 2. The summed E-state index contributed by atoms with van der Waals surface area (Å²) in [4.78, 5) is 44.7. The first-order chi connectivity index (χ1) is 17.5. The predicted octanol–water partition coefficient (Wildman–Crippen LogP) is 3.92. The van der Waals surface area contributed by atoms with Crippen molar-refractivity contribution in [2.45, 2.75) is 9.79 Å². The van der Waals surface area contributed by atoms with E-state index in [-0.39, 0.29) is 24.3 Å². The fourth-order valence-electron chi connectivity index (χ4n) is 4.20. The van der Waals surface area contributed by atoms with Crippen LogP contribution in [-0.2, 0) is 9.53 Å². The number of methoxy groups -OCH3 is 1. The highest BCUT2D eigenvalue weighted by molar-refractivity contribution is 7.99. The van der Waals surface area contributed by atoms with Gasteiger partial charge in [0.2, 0.25) is 5.91 Å². The van der Waals surface area contributed by atoms with Crippen LogP contribution in [0.5, 0.6) is 5.75 Å². The van der Waals surface area contributed by atoms with Gasteiger partial charge < -0.3 is 19.7 Å². The molecule has 9 heteroatoms. The van der Waals surface area contributed by atoms with Gasteiger partial charge in [0.25, 0.3) is 11.8 Å². The molecule has 0 aromatic heterocycles. The average Bonchev–Trinajstić information content (AvgIpc) is 3.03. The number of nitrogens with zero attached hydrogens (tertiary/aromatic N) is 2. The van der Waals surface area contributed by atoms with Crippen LogP contribution in [0.15, 0.2) is 76.5 Å². The van der Waals surface area contributed by atoms with Crippen molar-refractivity contribution in [3.8, 4) is 5.75 Å². The molecule has 2 aliphatic rings. The van der Waals surface area contributed by atoms with E-state index in [1.165, 1.54) is 16.7 Å². The van der Waals surface area contributed by atoms with Crippen LogP contribution in [0.4, 0.5) is 11.4 Å². The van der Waals surface area contributed by atoms with Crippen molar-refractivity contribution in [2.75, 3.05) is 50.2 Å². The Labute approximate surface area is 213 Å². The van der Waals surface area contributed by atoms with Crippen molar-refractivity contribution in [2.24, 2.45) is 0 Å². The van der Waals surface area contributed by atoms with Crippen LogP contribution in [0.1, 0.15) is 20.7 Å². The van der Waals surface area contributed by atoms with E-state index in [0.717, 1.165) is 9.79 Å². The van der Waals surface area contributed by atoms with E-state index in [2.05, 4.69) is 5.32 Å². The largest absolute Gasteiger partial charge is 0.497 e. The van der Waals surface area contributed by atoms with E-state index in [0.29, 0.717) is 54.6 Å². The summed E-state index contributed by atoms with van der Waals surface area (Å²) in [6, 6.07) is 19.7. The van der Waals surface area contributed by atoms with Crippen molar-refractivity contribution < 1.29 is 23.9 Å². The number of benzene rings is 3. The summed E-state index contributed by atoms with van der Waals surface area (Å²) < 4.78 is 10.6. The Morgan fingerprint density at radius 1 is 1.00 bits per heavy atom. The molecular weight excluding hydrogens is 478 g/mol. The minimum atomic E-state index is -0.364. The molecule has 2 heterocycles. The van der Waals surface area contributed by atoms with Gasteiger partial charge in [-0.25, -0.2) is 0 Å². The normalized spacial score (nSPS) is 15.0. The summed E-state index contributed by atoms with van der Waals surface area (Å²) in [5, 5.41) is 2.84. The number of carbonyl (C=O) groups excluding carboxylic acids is 3. The lowest BCUT2D eigenvalue weighted by molar-refractivity contribution is -0.114. The second kappa shape index (κ2) is 10.4. The Balaban J connectivity index is 1.48. The van der Waals surface area contributed by atoms with Crippen LogP contribution in [0.25, 0.3) is 0 Å². The third-order valence-corrected chi connectivity index (χ3v) is 7.17. The monoisotopic (exact) mass is 503 g/mol. The summed E-state index contributed by atoms with van der Waals surface area (Å²) >= 11 is 1.45. The second-order valence-corrected chi connectivity index (χ2v) is 9.44. The van der Waals surface area contributed by atoms with Crippen molar-refractivity contribution in [1.82, 2.24) is 4.90 Å². The minimum Gasteiger partial charge on any atom is -0.497 e. The molecule has 36 heavy (non-hydrogen) atoms. The van der Waals surface area contributed by atoms with Gasteiger partial charge in [-0.3, -0.25) is 19.3 Å². The van der Waals surface area contributed by atoms with Crippen molar-refractivity contribution in [3.05, 3.63) is 77.9 Å². The number of rotatable bonds is 5. The molecule has 0 unspecified atom stereocenters. The number of carbonyl (C=O) groups is 3. The summed E-state index contributed by atoms with van der Waals surface area (Å²) in [7, 11) is 1.55. The fourth-order valence-corrected chi connectivity index (χ4v) is 5.26. The molecule has 5 rings (SSSR count). The summed E-state index contributed by atoms with van der Waals surface area (Å²) in [5.74, 6) is -0.174. The maximum atomic E-state index is 13.7. The number of amides is 3. The van der Waals surface area contributed by atoms with Gasteiger partial charge in [-0.05, 0) is 42.5 Å². The van der Waals surface area contributed by atoms with Crippen LogP contribution in [-0.4, -0.2) is 62.6 Å². The summed E-state index contributed by atoms with van der Waals surface area (Å²) in [5.41, 5.74) is 2.07. The average molecular weight is 504 g/mol. The topological polar surface area (TPSA) is 88.2 Å². The molecular formula is C27H25N3O5S. The van der Waals surface area contributed by atoms with Crippen LogP contribution in [0.3, 0.4) is 0 Å². The molecule has 3 amide bonds. The molecule has 184 valence electrons. The first-order valence-corrected chi connectivity index (χ1v) is 12.4. The van der Waals surface area contributed by atoms with Crippen molar-refractivity contribution in [3.63, 3.8) is 0 Å². The molecule has 1 N–H and O–H groups in total. The molecule has 0 saturated carbocycles. The van der Waals surface area contributed by atoms with Gasteiger partial charge in [-0.15, -0.1) is 0 Å². The Hall–Kier alpha value is -3.82. The van der Waals surface area contributed by atoms with Crippen LogP contribution in [0, 0.1) is 0 Å². The smallest absolute Gasteiger partial charge is 0.259 e. The van der Waals surface area contributed by atoms with Crippen molar-refractivity contribution >= 4 is 40.9 Å². The van der Waals surface area contributed by atoms with Gasteiger partial charge in [0.1, 0.15) is 12.3 Å². The SMILES string of the molecule is COc1cccc(NC(=O)CN2C(=O)c3ccccc3Sc3ccc(C(=O)N4CCOCC4)cc32)c1. The fraction of sp³-hybridized carbons (Fsp3) is 0.222. The highest BCUT2D eigenvalue weighted by Crippen LogP contribution is 2.41. The molecule has 2 aliphatic heterocycles. The standard InChI is InChI=1S/C27H25N3O5S/c1-34-20-6-4-5-19(16-20)28-25(31)17-30-22-15-18(26(32)29-11-13-35-14-12-29)9-10-24(22)36-23-8-3-2-7-21(23)27(30)33/h2-10,15-16H,11-14,17H2,1H3,(H,28,31). The lowest BCUT2D eigenvalue weighted by Crippen LogP contribution is -2.41. The first-order valence-electron chi connectivity index (χ1n) is 11.6. The van der Waals surface area contributed by atoms with Crippen LogP contribution in [0.2, 0.25) is 0 Å². The highest BCUT2D eigenvalue weighted by atomic mass is 32.2. The summed E-state index contributed by atoms with van der Waals surface area (Å²) in [6.45, 7) is 1.81. The zero-order valence-corrected chi connectivity index (χ0v) is 20.5. The van der Waals surface area contributed by atoms with E-state index < -0.39 is 0 Å². The zero-order valence-electron chi connectivity index (χ0n) is 19.7. The molecule has 3 aromatic rings. The molecule has 8 nitrogen and oxygen atoms in total. The van der Waals surface area contributed by atoms with E-state index in [1.807, 2.05) is 18.2 Å². The van der Waals surface area contributed by atoms with Gasteiger partial charge in [0.15, 0.2) is 0 Å². The molecule has 0 aliphatic carbocycles. The highest BCUT2D eigenvalue weighted by Gasteiger charge is 2.30. The zero-order chi connectivity index (χ0) is 25.1. The maximum absolute atomic E-state index is 13.7. The van der Waals surface area contributed by atoms with E-state index in [9.17, 15) is 14.4 Å². The number of fused-ring (bicyclic) bond motifs is 2. The molecule has 1 saturated heterocycles. The van der Waals surface area contributed by atoms with Gasteiger partial charge >= 0.3 is 0 Å². The molecule has 0 atom stereocenters. The quantitative estimate of drug-likeness (QED) is 0.568. The van der Waals surface area contributed by atoms with Crippen LogP contribution < -0.4 is 15.0 Å². The van der Waals surface area contributed by atoms with Gasteiger partial charge in [0.05, 0.1) is 31.6 Å². The Morgan fingerprint density at radius 3 is 2.61 bits per heavy atom. The second-order valence-electron chi connectivity index (χ2n) is 8.36. The maximum Gasteiger partial charge on any atom is 0.259 e. The number of hydrogen-bond donors (Lipinski definition) is 1. The van der Waals surface area contributed by atoms with E-state index in [1.54, 1.807) is 60.5 Å². The first kappa shape index (κ1) is 23.9. The predicted molar refractivity (Wildman–Crippen MR) is 137 cm³/mol. The Morgan fingerprint density at radius 2 is 1.81 bits per heavy atom. The van der Waals surface area contributed by atoms with Gasteiger partial charge in [0, 0.05) is 40.2 Å². The number of hydrogen-bond acceptors (Lipinski definition) is 6. The van der Waals surface area contributed by atoms with E-state index in [4.69, 9.17) is 9.47 Å². The van der Waals surface area contributed by atoms with Crippen LogP contribution >= 0.6 is 11.8 Å². The Bertz CT molecular complexity index is 1320. The third-order valence-electron chi connectivity index (χ3n) is 6.03. The Kier molecular flexibility index (Phi) is 6.92. The third kappa shape index (κ3) is 4.93. The summed E-state index contributed by atoms with van der Waals surface area (Å²) in [6.07, 6.45) is 0. The molecule has 0 radical (unpaired) electrons. The lowest BCUT2D eigenvalue weighted by atomic mass is 10.1.